The van der Waals surface area contributed by atoms with Crippen molar-refractivity contribution in [1.29, 1.82) is 0 Å². The molecular formula is C19H17ClN2O2. The molecule has 1 aromatic heterocycles. The van der Waals surface area contributed by atoms with Crippen LogP contribution in [0.25, 0.3) is 10.9 Å². The molecule has 0 saturated carbocycles. The van der Waals surface area contributed by atoms with Gasteiger partial charge in [0.15, 0.2) is 0 Å². The van der Waals surface area contributed by atoms with E-state index in [1.165, 1.54) is 7.11 Å². The minimum absolute atomic E-state index is 0.309. The second-order valence-electron chi connectivity index (χ2n) is 5.49. The van der Waals surface area contributed by atoms with Crippen molar-refractivity contribution in [2.24, 2.45) is 12.0 Å². The number of benzene rings is 2. The van der Waals surface area contributed by atoms with Crippen LogP contribution >= 0.6 is 11.6 Å². The second kappa shape index (κ2) is 6.49. The van der Waals surface area contributed by atoms with Crippen molar-refractivity contribution in [3.63, 3.8) is 0 Å². The molecule has 0 aliphatic heterocycles. The normalized spacial score (nSPS) is 11.3. The Morgan fingerprint density at radius 2 is 2.00 bits per heavy atom. The molecule has 0 aliphatic rings. The predicted octanol–water partition coefficient (Wildman–Crippen LogP) is 4.68. The number of carbonyl (C=O) groups is 1. The number of ether oxygens (including phenoxy) is 1. The monoisotopic (exact) mass is 340 g/mol. The zero-order chi connectivity index (χ0) is 17.3. The summed E-state index contributed by atoms with van der Waals surface area (Å²) in [5.74, 6) is -0.474. The fourth-order valence-electron chi connectivity index (χ4n) is 2.71. The van der Waals surface area contributed by atoms with Crippen LogP contribution in [0, 0.1) is 6.92 Å². The summed E-state index contributed by atoms with van der Waals surface area (Å²) in [6.07, 6.45) is 1.82. The summed E-state index contributed by atoms with van der Waals surface area (Å²) in [6, 6.07) is 13.2. The zero-order valence-electron chi connectivity index (χ0n) is 13.7. The van der Waals surface area contributed by atoms with Gasteiger partial charge in [-0.3, -0.25) is 4.99 Å². The number of aryl methyl sites for hydroxylation is 1. The fourth-order valence-corrected chi connectivity index (χ4v) is 2.91. The first-order chi connectivity index (χ1) is 11.5. The number of hydrogen-bond acceptors (Lipinski definition) is 3. The average Bonchev–Trinajstić information content (AvgIpc) is 2.85. The van der Waals surface area contributed by atoms with Crippen LogP contribution in [0.3, 0.4) is 0 Å². The zero-order valence-corrected chi connectivity index (χ0v) is 14.5. The maximum absolute atomic E-state index is 11.7. The fraction of sp³-hybridized carbons (Fsp3) is 0.158. The summed E-state index contributed by atoms with van der Waals surface area (Å²) >= 11 is 6.04. The highest BCUT2D eigenvalue weighted by atomic mass is 35.5. The molecule has 5 heteroatoms. The number of fused-ring (bicyclic) bond motifs is 1. The van der Waals surface area contributed by atoms with Gasteiger partial charge in [0.05, 0.1) is 23.4 Å². The van der Waals surface area contributed by atoms with Gasteiger partial charge in [0.2, 0.25) is 0 Å². The van der Waals surface area contributed by atoms with E-state index in [2.05, 4.69) is 28.6 Å². The number of para-hydroxylation sites is 1. The standard InChI is InChI=1S/C19H17ClN2O2/c1-12-16(14-6-4-5-7-18(14)22(12)2)11-21-13-8-9-17(20)15(10-13)19(23)24-3/h4-11H,1-3H3. The van der Waals surface area contributed by atoms with Gasteiger partial charge in [-0.25, -0.2) is 4.79 Å². The van der Waals surface area contributed by atoms with Gasteiger partial charge in [0.25, 0.3) is 0 Å². The quantitative estimate of drug-likeness (QED) is 0.513. The second-order valence-corrected chi connectivity index (χ2v) is 5.90. The number of carbonyl (C=O) groups excluding carboxylic acids is 1. The minimum Gasteiger partial charge on any atom is -0.465 e. The largest absolute Gasteiger partial charge is 0.465 e. The molecule has 3 rings (SSSR count). The SMILES string of the molecule is COC(=O)c1cc(N=Cc2c(C)n(C)c3ccccc23)ccc1Cl. The molecule has 24 heavy (non-hydrogen) atoms. The number of hydrogen-bond donors (Lipinski definition) is 0. The van der Waals surface area contributed by atoms with E-state index in [0.29, 0.717) is 16.3 Å². The third-order valence-electron chi connectivity index (χ3n) is 4.15. The molecule has 3 aromatic rings. The van der Waals surface area contributed by atoms with Crippen molar-refractivity contribution >= 4 is 40.4 Å². The molecule has 0 unspecified atom stereocenters. The number of aromatic nitrogens is 1. The van der Waals surface area contributed by atoms with Crippen LogP contribution < -0.4 is 0 Å². The first-order valence-corrected chi connectivity index (χ1v) is 7.86. The maximum Gasteiger partial charge on any atom is 0.339 e. The summed E-state index contributed by atoms with van der Waals surface area (Å²) in [5, 5.41) is 1.49. The van der Waals surface area contributed by atoms with Crippen LogP contribution in [0.1, 0.15) is 21.6 Å². The number of nitrogens with zero attached hydrogens (tertiary/aromatic N) is 2. The van der Waals surface area contributed by atoms with Gasteiger partial charge < -0.3 is 9.30 Å². The molecule has 0 radical (unpaired) electrons. The summed E-state index contributed by atoms with van der Waals surface area (Å²) in [4.78, 5) is 16.2. The molecule has 0 fully saturated rings. The number of halogens is 1. The highest BCUT2D eigenvalue weighted by Crippen LogP contribution is 2.26. The summed E-state index contributed by atoms with van der Waals surface area (Å²) in [6.45, 7) is 2.06. The number of esters is 1. The summed E-state index contributed by atoms with van der Waals surface area (Å²) in [5.41, 5.74) is 4.29. The third-order valence-corrected chi connectivity index (χ3v) is 4.48. The summed E-state index contributed by atoms with van der Waals surface area (Å²) in [7, 11) is 3.36. The van der Waals surface area contributed by atoms with Crippen LogP contribution in [0.15, 0.2) is 47.5 Å². The van der Waals surface area contributed by atoms with Crippen molar-refractivity contribution < 1.29 is 9.53 Å². The highest BCUT2D eigenvalue weighted by molar-refractivity contribution is 6.33. The van der Waals surface area contributed by atoms with Gasteiger partial charge >= 0.3 is 5.97 Å². The van der Waals surface area contributed by atoms with Crippen molar-refractivity contribution in [2.75, 3.05) is 7.11 Å². The van der Waals surface area contributed by atoms with E-state index in [1.54, 1.807) is 18.2 Å². The molecule has 0 amide bonds. The van der Waals surface area contributed by atoms with E-state index in [1.807, 2.05) is 25.4 Å². The minimum atomic E-state index is -0.474. The van der Waals surface area contributed by atoms with E-state index >= 15 is 0 Å². The van der Waals surface area contributed by atoms with Crippen molar-refractivity contribution in [1.82, 2.24) is 4.57 Å². The third kappa shape index (κ3) is 2.81. The molecule has 0 N–H and O–H groups in total. The molecule has 1 heterocycles. The molecule has 0 aliphatic carbocycles. The van der Waals surface area contributed by atoms with Gasteiger partial charge in [0, 0.05) is 35.4 Å². The molecule has 122 valence electrons. The van der Waals surface area contributed by atoms with E-state index in [0.717, 1.165) is 22.2 Å². The Morgan fingerprint density at radius 1 is 1.25 bits per heavy atom. The van der Waals surface area contributed by atoms with Crippen molar-refractivity contribution in [2.45, 2.75) is 6.92 Å². The van der Waals surface area contributed by atoms with Gasteiger partial charge in [-0.05, 0) is 31.2 Å². The van der Waals surface area contributed by atoms with Crippen LogP contribution in [-0.2, 0) is 11.8 Å². The number of rotatable bonds is 3. The van der Waals surface area contributed by atoms with Crippen LogP contribution in [0.5, 0.6) is 0 Å². The topological polar surface area (TPSA) is 43.6 Å². The molecular weight excluding hydrogens is 324 g/mol. The number of methoxy groups -OCH3 is 1. The lowest BCUT2D eigenvalue weighted by atomic mass is 10.1. The Hall–Kier alpha value is -2.59. The van der Waals surface area contributed by atoms with E-state index in [-0.39, 0.29) is 0 Å². The first-order valence-electron chi connectivity index (χ1n) is 7.49. The van der Waals surface area contributed by atoms with Crippen molar-refractivity contribution in [3.05, 3.63) is 64.3 Å². The Morgan fingerprint density at radius 3 is 2.75 bits per heavy atom. The van der Waals surface area contributed by atoms with Gasteiger partial charge in [0.1, 0.15) is 0 Å². The molecule has 0 bridgehead atoms. The highest BCUT2D eigenvalue weighted by Gasteiger charge is 2.12. The van der Waals surface area contributed by atoms with E-state index in [9.17, 15) is 4.79 Å². The number of aliphatic imine (C=N–C) groups is 1. The first kappa shape index (κ1) is 16.3. The molecule has 2 aromatic carbocycles. The predicted molar refractivity (Wildman–Crippen MR) is 97.7 cm³/mol. The Labute approximate surface area is 145 Å². The Balaban J connectivity index is 2.03. The summed E-state index contributed by atoms with van der Waals surface area (Å²) < 4.78 is 6.87. The molecule has 0 atom stereocenters. The average molecular weight is 341 g/mol. The lowest BCUT2D eigenvalue weighted by molar-refractivity contribution is 0.0601. The van der Waals surface area contributed by atoms with E-state index in [4.69, 9.17) is 16.3 Å². The van der Waals surface area contributed by atoms with Gasteiger partial charge in [-0.2, -0.15) is 0 Å². The van der Waals surface area contributed by atoms with Gasteiger partial charge in [-0.15, -0.1) is 0 Å². The molecule has 0 saturated heterocycles. The van der Waals surface area contributed by atoms with E-state index < -0.39 is 5.97 Å². The van der Waals surface area contributed by atoms with Crippen LogP contribution in [0.2, 0.25) is 5.02 Å². The van der Waals surface area contributed by atoms with Gasteiger partial charge in [-0.1, -0.05) is 29.8 Å². The molecule has 4 nitrogen and oxygen atoms in total. The Bertz CT molecular complexity index is 957. The maximum atomic E-state index is 11.7. The lowest BCUT2D eigenvalue weighted by Gasteiger charge is -2.03. The molecule has 0 spiro atoms. The smallest absolute Gasteiger partial charge is 0.339 e. The Kier molecular flexibility index (Phi) is 4.40. The van der Waals surface area contributed by atoms with Crippen molar-refractivity contribution in [3.8, 4) is 0 Å². The van der Waals surface area contributed by atoms with Crippen LogP contribution in [0.4, 0.5) is 5.69 Å². The van der Waals surface area contributed by atoms with Crippen LogP contribution in [-0.4, -0.2) is 23.9 Å². The lowest BCUT2D eigenvalue weighted by Crippen LogP contribution is -2.01.